The van der Waals surface area contributed by atoms with Crippen molar-refractivity contribution in [2.75, 3.05) is 12.4 Å². The summed E-state index contributed by atoms with van der Waals surface area (Å²) in [6.07, 6.45) is -6.55. The number of aliphatic hydroxyl groups excluding tert-OH is 1. The van der Waals surface area contributed by atoms with E-state index in [2.05, 4.69) is 10.1 Å². The van der Waals surface area contributed by atoms with Crippen LogP contribution in [-0.4, -0.2) is 63.4 Å². The number of hydrogen-bond donors (Lipinski definition) is 3. The number of aromatic nitrogens is 2. The number of nitrogens with two attached hydrogens (primary N) is 1. The van der Waals surface area contributed by atoms with E-state index >= 15 is 4.39 Å². The van der Waals surface area contributed by atoms with Gasteiger partial charge in [0.05, 0.1) is 12.2 Å². The topological polar surface area (TPSA) is 164 Å². The van der Waals surface area contributed by atoms with Crippen LogP contribution in [-0.2, 0) is 23.4 Å². The lowest BCUT2D eigenvalue weighted by molar-refractivity contribution is -0.149. The molecule has 38 heavy (non-hydrogen) atoms. The van der Waals surface area contributed by atoms with Crippen LogP contribution >= 0.6 is 7.75 Å². The molecule has 3 rings (SSSR count). The smallest absolute Gasteiger partial charge is 0.459 e. The molecule has 0 aliphatic carbocycles. The van der Waals surface area contributed by atoms with Gasteiger partial charge in [-0.2, -0.15) is 10.1 Å². The van der Waals surface area contributed by atoms with Gasteiger partial charge in [-0.3, -0.25) is 13.9 Å². The number of hydrogen-bond acceptors (Lipinski definition) is 10. The molecule has 0 spiro atoms. The van der Waals surface area contributed by atoms with Crippen LogP contribution in [0.1, 0.15) is 33.9 Å². The zero-order valence-corrected chi connectivity index (χ0v) is 22.1. The first-order valence-corrected chi connectivity index (χ1v) is 13.3. The van der Waals surface area contributed by atoms with Crippen LogP contribution in [0.15, 0.2) is 47.4 Å². The standard InChI is InChI=1S/C23H31F2N4O8P/c1-13(2)34-20(31)14(3)28-38(33,37-16-8-6-5-7-9-16)36-15(4)18-19(30)23(25,12-24)21(35-18)29-11-10-17(26)27-22(29)32/h5-11,13-15,18-19,21,30H,12H2,1-4H3,(H,28,33)(H2,26,27,32)/t14-,15-,18+,19?,21+,23+,38-/m0/s1. The van der Waals surface area contributed by atoms with Crippen molar-refractivity contribution in [2.45, 2.75) is 70.0 Å². The number of alkyl halides is 2. The fourth-order valence-corrected chi connectivity index (χ4v) is 5.46. The van der Waals surface area contributed by atoms with Gasteiger partial charge in [0, 0.05) is 6.20 Å². The van der Waals surface area contributed by atoms with Gasteiger partial charge in [0.2, 0.25) is 5.67 Å². The minimum absolute atomic E-state index is 0.105. The third kappa shape index (κ3) is 6.56. The van der Waals surface area contributed by atoms with Gasteiger partial charge in [0.25, 0.3) is 0 Å². The van der Waals surface area contributed by atoms with E-state index in [1.807, 2.05) is 0 Å². The molecular formula is C23H31F2N4O8P. The van der Waals surface area contributed by atoms with Crippen LogP contribution < -0.4 is 21.0 Å². The molecule has 2 heterocycles. The molecule has 4 N–H and O–H groups in total. The maximum atomic E-state index is 15.7. The number of nitrogen functional groups attached to an aromatic ring is 1. The number of ether oxygens (including phenoxy) is 2. The third-order valence-electron chi connectivity index (χ3n) is 5.60. The number of esters is 1. The monoisotopic (exact) mass is 560 g/mol. The number of benzene rings is 1. The van der Waals surface area contributed by atoms with E-state index in [1.54, 1.807) is 32.0 Å². The van der Waals surface area contributed by atoms with Gasteiger partial charge in [0.1, 0.15) is 36.5 Å². The first-order chi connectivity index (χ1) is 17.8. The normalized spacial score (nSPS) is 26.5. The Morgan fingerprint density at radius 2 is 1.95 bits per heavy atom. The van der Waals surface area contributed by atoms with Crippen LogP contribution in [0.2, 0.25) is 0 Å². The number of rotatable bonds is 11. The molecule has 1 fully saturated rings. The predicted octanol–water partition coefficient (Wildman–Crippen LogP) is 2.28. The lowest BCUT2D eigenvalue weighted by Gasteiger charge is -2.29. The fourth-order valence-electron chi connectivity index (χ4n) is 3.77. The Morgan fingerprint density at radius 3 is 2.53 bits per heavy atom. The molecule has 0 amide bonds. The van der Waals surface area contributed by atoms with E-state index in [-0.39, 0.29) is 11.6 Å². The maximum Gasteiger partial charge on any atom is 0.459 e. The van der Waals surface area contributed by atoms with Crippen LogP contribution in [0.4, 0.5) is 14.6 Å². The molecule has 0 saturated carbocycles. The molecule has 15 heteroatoms. The summed E-state index contributed by atoms with van der Waals surface area (Å²) in [6.45, 7) is 4.18. The highest BCUT2D eigenvalue weighted by atomic mass is 31.2. The molecule has 2 aromatic rings. The summed E-state index contributed by atoms with van der Waals surface area (Å²) >= 11 is 0. The van der Waals surface area contributed by atoms with Crippen molar-refractivity contribution in [1.29, 1.82) is 0 Å². The Kier molecular flexibility index (Phi) is 9.26. The molecule has 1 aliphatic rings. The first-order valence-electron chi connectivity index (χ1n) is 11.7. The van der Waals surface area contributed by atoms with Crippen molar-refractivity contribution in [3.8, 4) is 5.75 Å². The van der Waals surface area contributed by atoms with Crippen molar-refractivity contribution in [1.82, 2.24) is 14.6 Å². The summed E-state index contributed by atoms with van der Waals surface area (Å²) in [5.41, 5.74) is 1.34. The average molecular weight is 560 g/mol. The molecule has 12 nitrogen and oxygen atoms in total. The van der Waals surface area contributed by atoms with Gasteiger partial charge in [-0.25, -0.2) is 18.1 Å². The van der Waals surface area contributed by atoms with Crippen molar-refractivity contribution in [3.05, 3.63) is 53.1 Å². The molecule has 1 aromatic carbocycles. The lowest BCUT2D eigenvalue weighted by Crippen LogP contribution is -2.48. The summed E-state index contributed by atoms with van der Waals surface area (Å²) in [5, 5.41) is 13.2. The Balaban J connectivity index is 1.88. The lowest BCUT2D eigenvalue weighted by atomic mass is 9.95. The van der Waals surface area contributed by atoms with Gasteiger partial charge in [0.15, 0.2) is 6.23 Å². The van der Waals surface area contributed by atoms with Crippen LogP contribution in [0.25, 0.3) is 0 Å². The molecule has 7 atom stereocenters. The highest BCUT2D eigenvalue weighted by molar-refractivity contribution is 7.52. The highest BCUT2D eigenvalue weighted by Crippen LogP contribution is 2.49. The molecule has 0 radical (unpaired) electrons. The Morgan fingerprint density at radius 1 is 1.29 bits per heavy atom. The van der Waals surface area contributed by atoms with Crippen LogP contribution in [0.3, 0.4) is 0 Å². The van der Waals surface area contributed by atoms with Gasteiger partial charge in [-0.15, -0.1) is 0 Å². The zero-order valence-electron chi connectivity index (χ0n) is 21.2. The zero-order chi connectivity index (χ0) is 28.3. The average Bonchev–Trinajstić information content (AvgIpc) is 3.10. The number of nitrogens with one attached hydrogen (secondary N) is 1. The van der Waals surface area contributed by atoms with Crippen LogP contribution in [0, 0.1) is 0 Å². The number of aliphatic hydroxyl groups is 1. The van der Waals surface area contributed by atoms with Gasteiger partial charge >= 0.3 is 19.4 Å². The van der Waals surface area contributed by atoms with Gasteiger partial charge in [-0.1, -0.05) is 18.2 Å². The van der Waals surface area contributed by atoms with E-state index in [4.69, 9.17) is 24.3 Å². The van der Waals surface area contributed by atoms with Crippen molar-refractivity contribution >= 4 is 19.5 Å². The second kappa shape index (κ2) is 11.9. The van der Waals surface area contributed by atoms with Crippen molar-refractivity contribution in [3.63, 3.8) is 0 Å². The number of carbonyl (C=O) groups excluding carboxylic acids is 1. The van der Waals surface area contributed by atoms with Gasteiger partial charge < -0.3 is 24.8 Å². The second-order valence-electron chi connectivity index (χ2n) is 9.05. The van der Waals surface area contributed by atoms with E-state index in [9.17, 15) is 23.7 Å². The number of carbonyl (C=O) groups is 1. The number of halogens is 2. The number of para-hydroxylation sites is 1. The summed E-state index contributed by atoms with van der Waals surface area (Å²) in [7, 11) is -4.44. The van der Waals surface area contributed by atoms with Crippen LogP contribution in [0.5, 0.6) is 5.75 Å². The van der Waals surface area contributed by atoms with E-state index in [0.717, 1.165) is 6.20 Å². The summed E-state index contributed by atoms with van der Waals surface area (Å²) in [5.74, 6) is -0.799. The van der Waals surface area contributed by atoms with E-state index < -0.39 is 68.4 Å². The molecule has 1 unspecified atom stereocenters. The second-order valence-corrected chi connectivity index (χ2v) is 10.7. The van der Waals surface area contributed by atoms with Gasteiger partial charge in [-0.05, 0) is 45.9 Å². The molecule has 1 aromatic heterocycles. The molecule has 1 saturated heterocycles. The number of nitrogens with zero attached hydrogens (tertiary/aromatic N) is 2. The Bertz CT molecular complexity index is 1220. The fraction of sp³-hybridized carbons (Fsp3) is 0.522. The van der Waals surface area contributed by atoms with Crippen molar-refractivity contribution in [2.24, 2.45) is 0 Å². The third-order valence-corrected chi connectivity index (χ3v) is 7.37. The van der Waals surface area contributed by atoms with E-state index in [1.165, 1.54) is 32.0 Å². The first kappa shape index (κ1) is 29.7. The minimum Gasteiger partial charge on any atom is -0.462 e. The maximum absolute atomic E-state index is 15.7. The quantitative estimate of drug-likeness (QED) is 0.273. The summed E-state index contributed by atoms with van der Waals surface area (Å²) in [4.78, 5) is 28.1. The Hall–Kier alpha value is -2.90. The minimum atomic E-state index is -4.44. The van der Waals surface area contributed by atoms with Crippen molar-refractivity contribution < 1.29 is 41.8 Å². The SMILES string of the molecule is CC(C)OC(=O)[C@H](C)N[P@@](=O)(Oc1ccccc1)O[C@@H](C)[C@H]1O[C@@H](n2ccc(N)nc2=O)[C@@](F)(CF)C1O. The molecule has 0 bridgehead atoms. The predicted molar refractivity (Wildman–Crippen MR) is 132 cm³/mol. The molecule has 1 aliphatic heterocycles. The summed E-state index contributed by atoms with van der Waals surface area (Å²) < 4.78 is 65.9. The summed E-state index contributed by atoms with van der Waals surface area (Å²) in [6, 6.07) is 7.85. The molecular weight excluding hydrogens is 529 g/mol. The largest absolute Gasteiger partial charge is 0.462 e. The highest BCUT2D eigenvalue weighted by Gasteiger charge is 2.61. The number of anilines is 1. The molecule has 210 valence electrons. The Labute approximate surface area is 217 Å². The van der Waals surface area contributed by atoms with E-state index in [0.29, 0.717) is 4.57 Å².